The van der Waals surface area contributed by atoms with Crippen LogP contribution in [0.15, 0.2) is 24.3 Å². The summed E-state index contributed by atoms with van der Waals surface area (Å²) in [6, 6.07) is 7.15. The molecular weight excluding hydrogens is 284 g/mol. The molecular formula is C16H22N2O4. The Hall–Kier alpha value is -2.24. The SMILES string of the molecule is COC(=O)N1CCN(C(=O)c2ccc(OC(C)C)cc2)CC1. The first-order valence-corrected chi connectivity index (χ1v) is 7.40. The normalized spacial score (nSPS) is 14.9. The van der Waals surface area contributed by atoms with Crippen LogP contribution in [0.3, 0.4) is 0 Å². The van der Waals surface area contributed by atoms with Crippen molar-refractivity contribution < 1.29 is 19.1 Å². The van der Waals surface area contributed by atoms with Crippen LogP contribution in [0.1, 0.15) is 24.2 Å². The minimum Gasteiger partial charge on any atom is -0.491 e. The Morgan fingerprint density at radius 1 is 1.00 bits per heavy atom. The smallest absolute Gasteiger partial charge is 0.409 e. The van der Waals surface area contributed by atoms with Gasteiger partial charge < -0.3 is 19.3 Å². The average Bonchev–Trinajstić information content (AvgIpc) is 2.54. The van der Waals surface area contributed by atoms with Crippen LogP contribution in [0.4, 0.5) is 4.79 Å². The Morgan fingerprint density at radius 3 is 2.05 bits per heavy atom. The Labute approximate surface area is 130 Å². The van der Waals surface area contributed by atoms with Crippen LogP contribution in [0, 0.1) is 0 Å². The number of rotatable bonds is 3. The Morgan fingerprint density at radius 2 is 1.55 bits per heavy atom. The van der Waals surface area contributed by atoms with Crippen molar-refractivity contribution in [3.05, 3.63) is 29.8 Å². The first-order valence-electron chi connectivity index (χ1n) is 7.40. The summed E-state index contributed by atoms with van der Waals surface area (Å²) >= 11 is 0. The summed E-state index contributed by atoms with van der Waals surface area (Å²) in [5.41, 5.74) is 0.627. The van der Waals surface area contributed by atoms with Crippen LogP contribution in [0.2, 0.25) is 0 Å². The number of amides is 2. The van der Waals surface area contributed by atoms with Crippen LogP contribution in [0.5, 0.6) is 5.75 Å². The molecule has 0 unspecified atom stereocenters. The van der Waals surface area contributed by atoms with E-state index >= 15 is 0 Å². The van der Waals surface area contributed by atoms with E-state index in [2.05, 4.69) is 4.74 Å². The van der Waals surface area contributed by atoms with E-state index in [0.717, 1.165) is 5.75 Å². The molecule has 0 aliphatic carbocycles. The van der Waals surface area contributed by atoms with Gasteiger partial charge in [0.05, 0.1) is 13.2 Å². The molecule has 1 saturated heterocycles. The standard InChI is InChI=1S/C16H22N2O4/c1-12(2)22-14-6-4-13(5-7-14)15(19)17-8-10-18(11-9-17)16(20)21-3/h4-7,12H,8-11H2,1-3H3. The molecule has 6 nitrogen and oxygen atoms in total. The monoisotopic (exact) mass is 306 g/mol. The maximum Gasteiger partial charge on any atom is 0.409 e. The number of carbonyl (C=O) groups excluding carboxylic acids is 2. The second kappa shape index (κ2) is 7.15. The lowest BCUT2D eigenvalue weighted by molar-refractivity contribution is 0.0599. The molecule has 1 aliphatic rings. The molecule has 2 amide bonds. The van der Waals surface area contributed by atoms with E-state index in [1.165, 1.54) is 7.11 Å². The van der Waals surface area contributed by atoms with Crippen LogP contribution in [-0.4, -0.2) is 61.2 Å². The molecule has 1 fully saturated rings. The fourth-order valence-corrected chi connectivity index (χ4v) is 2.35. The van der Waals surface area contributed by atoms with Gasteiger partial charge in [-0.2, -0.15) is 0 Å². The van der Waals surface area contributed by atoms with Crippen LogP contribution in [-0.2, 0) is 4.74 Å². The van der Waals surface area contributed by atoms with Gasteiger partial charge in [-0.15, -0.1) is 0 Å². The van der Waals surface area contributed by atoms with Gasteiger partial charge in [-0.05, 0) is 38.1 Å². The van der Waals surface area contributed by atoms with Crippen LogP contribution < -0.4 is 4.74 Å². The maximum absolute atomic E-state index is 12.4. The van der Waals surface area contributed by atoms with Crippen molar-refractivity contribution in [3.63, 3.8) is 0 Å². The summed E-state index contributed by atoms with van der Waals surface area (Å²) in [5, 5.41) is 0. The van der Waals surface area contributed by atoms with Gasteiger partial charge in [0.2, 0.25) is 0 Å². The predicted octanol–water partition coefficient (Wildman–Crippen LogP) is 2.00. The highest BCUT2D eigenvalue weighted by atomic mass is 16.5. The topological polar surface area (TPSA) is 59.1 Å². The second-order valence-electron chi connectivity index (χ2n) is 5.44. The van der Waals surface area contributed by atoms with Crippen molar-refractivity contribution in [2.75, 3.05) is 33.3 Å². The minimum absolute atomic E-state index is 0.0272. The van der Waals surface area contributed by atoms with Crippen molar-refractivity contribution >= 4 is 12.0 Å². The number of methoxy groups -OCH3 is 1. The number of hydrogen-bond donors (Lipinski definition) is 0. The highest BCUT2D eigenvalue weighted by molar-refractivity contribution is 5.94. The van der Waals surface area contributed by atoms with E-state index < -0.39 is 0 Å². The molecule has 0 saturated carbocycles. The predicted molar refractivity (Wildman–Crippen MR) is 82.1 cm³/mol. The van der Waals surface area contributed by atoms with Crippen molar-refractivity contribution in [1.82, 2.24) is 9.80 Å². The van der Waals surface area contributed by atoms with E-state index in [0.29, 0.717) is 31.7 Å². The van der Waals surface area contributed by atoms with Gasteiger partial charge in [0.15, 0.2) is 0 Å². The summed E-state index contributed by atoms with van der Waals surface area (Å²) in [5.74, 6) is 0.725. The third-order valence-electron chi connectivity index (χ3n) is 3.47. The molecule has 22 heavy (non-hydrogen) atoms. The molecule has 0 N–H and O–H groups in total. The van der Waals surface area contributed by atoms with Gasteiger partial charge in [0.1, 0.15) is 5.75 Å². The van der Waals surface area contributed by atoms with Crippen LogP contribution in [0.25, 0.3) is 0 Å². The van der Waals surface area contributed by atoms with Crippen molar-refractivity contribution in [2.45, 2.75) is 20.0 Å². The van der Waals surface area contributed by atoms with Gasteiger partial charge >= 0.3 is 6.09 Å². The highest BCUT2D eigenvalue weighted by Crippen LogP contribution is 2.16. The lowest BCUT2D eigenvalue weighted by Crippen LogP contribution is -2.50. The van der Waals surface area contributed by atoms with E-state index in [4.69, 9.17) is 4.74 Å². The zero-order chi connectivity index (χ0) is 16.1. The van der Waals surface area contributed by atoms with Crippen molar-refractivity contribution in [1.29, 1.82) is 0 Å². The van der Waals surface area contributed by atoms with Crippen molar-refractivity contribution in [3.8, 4) is 5.75 Å². The van der Waals surface area contributed by atoms with E-state index in [-0.39, 0.29) is 18.1 Å². The zero-order valence-electron chi connectivity index (χ0n) is 13.2. The molecule has 1 heterocycles. The quantitative estimate of drug-likeness (QED) is 0.857. The number of hydrogen-bond acceptors (Lipinski definition) is 4. The molecule has 6 heteroatoms. The molecule has 1 aromatic carbocycles. The molecule has 0 aromatic heterocycles. The zero-order valence-corrected chi connectivity index (χ0v) is 13.2. The van der Waals surface area contributed by atoms with Crippen molar-refractivity contribution in [2.24, 2.45) is 0 Å². The summed E-state index contributed by atoms with van der Waals surface area (Å²) in [4.78, 5) is 27.2. The van der Waals surface area contributed by atoms with Gasteiger partial charge in [0, 0.05) is 31.7 Å². The fourth-order valence-electron chi connectivity index (χ4n) is 2.35. The summed E-state index contributed by atoms with van der Waals surface area (Å²) < 4.78 is 10.2. The van der Waals surface area contributed by atoms with Gasteiger partial charge in [-0.25, -0.2) is 4.79 Å². The number of nitrogens with zero attached hydrogens (tertiary/aromatic N) is 2. The Bertz CT molecular complexity index is 519. The number of carbonyl (C=O) groups is 2. The van der Waals surface area contributed by atoms with Gasteiger partial charge in [-0.1, -0.05) is 0 Å². The highest BCUT2D eigenvalue weighted by Gasteiger charge is 2.25. The molecule has 120 valence electrons. The van der Waals surface area contributed by atoms with E-state index in [1.807, 2.05) is 13.8 Å². The molecule has 0 bridgehead atoms. The lowest BCUT2D eigenvalue weighted by Gasteiger charge is -2.33. The molecule has 2 rings (SSSR count). The average molecular weight is 306 g/mol. The number of piperazine rings is 1. The third kappa shape index (κ3) is 3.90. The lowest BCUT2D eigenvalue weighted by atomic mass is 10.1. The van der Waals surface area contributed by atoms with E-state index in [1.54, 1.807) is 34.1 Å². The van der Waals surface area contributed by atoms with Gasteiger partial charge in [0.25, 0.3) is 5.91 Å². The first kappa shape index (κ1) is 16.1. The first-order chi connectivity index (χ1) is 10.5. The summed E-state index contributed by atoms with van der Waals surface area (Å²) in [6.07, 6.45) is -0.241. The minimum atomic E-state index is -0.345. The number of benzene rings is 1. The van der Waals surface area contributed by atoms with Gasteiger partial charge in [-0.3, -0.25) is 4.79 Å². The molecule has 0 radical (unpaired) electrons. The molecule has 1 aromatic rings. The number of ether oxygens (including phenoxy) is 2. The summed E-state index contributed by atoms with van der Waals surface area (Å²) in [7, 11) is 1.36. The fraction of sp³-hybridized carbons (Fsp3) is 0.500. The molecule has 0 spiro atoms. The second-order valence-corrected chi connectivity index (χ2v) is 5.44. The Balaban J connectivity index is 1.93. The maximum atomic E-state index is 12.4. The summed E-state index contributed by atoms with van der Waals surface area (Å²) in [6.45, 7) is 5.93. The molecule has 1 aliphatic heterocycles. The third-order valence-corrected chi connectivity index (χ3v) is 3.47. The Kier molecular flexibility index (Phi) is 5.25. The van der Waals surface area contributed by atoms with Crippen LogP contribution >= 0.6 is 0 Å². The van der Waals surface area contributed by atoms with E-state index in [9.17, 15) is 9.59 Å². The molecule has 0 atom stereocenters. The largest absolute Gasteiger partial charge is 0.491 e.